The van der Waals surface area contributed by atoms with Gasteiger partial charge in [0.2, 0.25) is 0 Å². The maximum atomic E-state index is 10.7. The minimum absolute atomic E-state index is 0.183. The Morgan fingerprint density at radius 2 is 2.40 bits per heavy atom. The van der Waals surface area contributed by atoms with Crippen LogP contribution < -0.4 is 4.74 Å². The molecule has 0 heterocycles. The average molecular weight is 206 g/mol. The molecule has 3 nitrogen and oxygen atoms in total. The zero-order chi connectivity index (χ0) is 10.8. The minimum Gasteiger partial charge on any atom is -0.494 e. The molecule has 1 fully saturated rings. The van der Waals surface area contributed by atoms with Crippen LogP contribution in [0.3, 0.4) is 0 Å². The predicted molar refractivity (Wildman–Crippen MR) is 56.1 cm³/mol. The van der Waals surface area contributed by atoms with E-state index in [0.29, 0.717) is 6.61 Å². The molecule has 0 amide bonds. The monoisotopic (exact) mass is 206 g/mol. The Kier molecular flexibility index (Phi) is 2.62. The Balaban J connectivity index is 2.10. The molecule has 15 heavy (non-hydrogen) atoms. The summed E-state index contributed by atoms with van der Waals surface area (Å²) in [5, 5.41) is 8.83. The lowest BCUT2D eigenvalue weighted by molar-refractivity contribution is -0.138. The first-order valence-corrected chi connectivity index (χ1v) is 5.18. The fourth-order valence-corrected chi connectivity index (χ4v) is 1.84. The summed E-state index contributed by atoms with van der Waals surface area (Å²) in [5.41, 5.74) is 1.08. The molecule has 80 valence electrons. The van der Waals surface area contributed by atoms with Crippen LogP contribution in [0.2, 0.25) is 0 Å². The van der Waals surface area contributed by atoms with Crippen molar-refractivity contribution in [3.05, 3.63) is 29.8 Å². The van der Waals surface area contributed by atoms with Gasteiger partial charge in [0.25, 0.3) is 0 Å². The number of ether oxygens (including phenoxy) is 1. The number of benzene rings is 1. The van der Waals surface area contributed by atoms with E-state index in [0.717, 1.165) is 17.7 Å². The zero-order valence-electron chi connectivity index (χ0n) is 8.64. The summed E-state index contributed by atoms with van der Waals surface area (Å²) >= 11 is 0. The smallest absolute Gasteiger partial charge is 0.307 e. The zero-order valence-corrected chi connectivity index (χ0v) is 8.64. The molecule has 0 aromatic heterocycles. The molecular formula is C12H14O3. The molecule has 2 rings (SSSR count). The third-order valence-electron chi connectivity index (χ3n) is 2.70. The highest BCUT2D eigenvalue weighted by Crippen LogP contribution is 2.48. The number of rotatable bonds is 4. The normalized spacial score (nSPS) is 23.5. The van der Waals surface area contributed by atoms with Gasteiger partial charge in [0.15, 0.2) is 0 Å². The van der Waals surface area contributed by atoms with Crippen molar-refractivity contribution < 1.29 is 14.6 Å². The van der Waals surface area contributed by atoms with E-state index < -0.39 is 5.97 Å². The lowest BCUT2D eigenvalue weighted by atomic mass is 10.1. The third-order valence-corrected chi connectivity index (χ3v) is 2.70. The highest BCUT2D eigenvalue weighted by atomic mass is 16.5. The van der Waals surface area contributed by atoms with Gasteiger partial charge in [0, 0.05) is 0 Å². The third kappa shape index (κ3) is 2.12. The molecule has 0 spiro atoms. The Hall–Kier alpha value is -1.51. The molecular weight excluding hydrogens is 192 g/mol. The molecule has 2 atom stereocenters. The fraction of sp³-hybridized carbons (Fsp3) is 0.417. The molecule has 0 aliphatic heterocycles. The molecule has 1 aliphatic rings. The van der Waals surface area contributed by atoms with E-state index in [2.05, 4.69) is 0 Å². The molecule has 3 heteroatoms. The largest absolute Gasteiger partial charge is 0.494 e. The fourth-order valence-electron chi connectivity index (χ4n) is 1.84. The molecule has 1 aliphatic carbocycles. The van der Waals surface area contributed by atoms with Gasteiger partial charge >= 0.3 is 5.97 Å². The summed E-state index contributed by atoms with van der Waals surface area (Å²) in [6, 6.07) is 7.72. The first kappa shape index (κ1) is 10.0. The summed E-state index contributed by atoms with van der Waals surface area (Å²) in [6.07, 6.45) is 0.755. The van der Waals surface area contributed by atoms with Gasteiger partial charge in [0.1, 0.15) is 5.75 Å². The van der Waals surface area contributed by atoms with Crippen LogP contribution in [-0.2, 0) is 4.79 Å². The number of carboxylic acid groups (broad SMARTS) is 1. The van der Waals surface area contributed by atoms with Crippen LogP contribution >= 0.6 is 0 Å². The summed E-state index contributed by atoms with van der Waals surface area (Å²) in [6.45, 7) is 2.57. The predicted octanol–water partition coefficient (Wildman–Crippen LogP) is 2.27. The number of hydrogen-bond acceptors (Lipinski definition) is 2. The van der Waals surface area contributed by atoms with Crippen LogP contribution in [0.1, 0.15) is 24.8 Å². The highest BCUT2D eigenvalue weighted by Gasteiger charge is 2.44. The SMILES string of the molecule is CCOc1cccc([C@@H]2C[C@H]2C(=O)O)c1. The van der Waals surface area contributed by atoms with Crippen molar-refractivity contribution in [3.8, 4) is 5.75 Å². The first-order valence-electron chi connectivity index (χ1n) is 5.18. The average Bonchev–Trinajstić information content (AvgIpc) is 2.98. The van der Waals surface area contributed by atoms with Crippen molar-refractivity contribution in [3.63, 3.8) is 0 Å². The minimum atomic E-state index is -0.693. The topological polar surface area (TPSA) is 46.5 Å². The van der Waals surface area contributed by atoms with Gasteiger partial charge in [-0.25, -0.2) is 0 Å². The molecule has 0 radical (unpaired) electrons. The standard InChI is InChI=1S/C12H14O3/c1-2-15-9-5-3-4-8(6-9)10-7-11(10)12(13)14/h3-6,10-11H,2,7H2,1H3,(H,13,14)/t10-,11+/m0/s1. The van der Waals surface area contributed by atoms with E-state index in [1.54, 1.807) is 0 Å². The van der Waals surface area contributed by atoms with Gasteiger partial charge in [-0.2, -0.15) is 0 Å². The van der Waals surface area contributed by atoms with Crippen molar-refractivity contribution in [2.45, 2.75) is 19.3 Å². The molecule has 0 saturated heterocycles. The lowest BCUT2D eigenvalue weighted by Crippen LogP contribution is -1.99. The van der Waals surface area contributed by atoms with Crippen LogP contribution in [0.5, 0.6) is 5.75 Å². The quantitative estimate of drug-likeness (QED) is 0.822. The summed E-state index contributed by atoms with van der Waals surface area (Å²) in [7, 11) is 0. The van der Waals surface area contributed by atoms with Crippen molar-refractivity contribution in [2.75, 3.05) is 6.61 Å². The van der Waals surface area contributed by atoms with Gasteiger partial charge in [-0.3, -0.25) is 4.79 Å². The molecule has 0 unspecified atom stereocenters. The van der Waals surface area contributed by atoms with Gasteiger partial charge in [-0.1, -0.05) is 12.1 Å². The van der Waals surface area contributed by atoms with E-state index in [1.165, 1.54) is 0 Å². The molecule has 1 aromatic rings. The van der Waals surface area contributed by atoms with E-state index in [-0.39, 0.29) is 11.8 Å². The van der Waals surface area contributed by atoms with Gasteiger partial charge < -0.3 is 9.84 Å². The maximum Gasteiger partial charge on any atom is 0.307 e. The second kappa shape index (κ2) is 3.93. The van der Waals surface area contributed by atoms with Crippen molar-refractivity contribution >= 4 is 5.97 Å². The van der Waals surface area contributed by atoms with Crippen LogP contribution in [0, 0.1) is 5.92 Å². The van der Waals surface area contributed by atoms with Crippen LogP contribution in [0.25, 0.3) is 0 Å². The summed E-state index contributed by atoms with van der Waals surface area (Å²) in [4.78, 5) is 10.7. The Bertz CT molecular complexity index is 373. The van der Waals surface area contributed by atoms with Gasteiger partial charge in [-0.15, -0.1) is 0 Å². The van der Waals surface area contributed by atoms with Gasteiger partial charge in [-0.05, 0) is 37.0 Å². The second-order valence-electron chi connectivity index (χ2n) is 3.79. The highest BCUT2D eigenvalue weighted by molar-refractivity contribution is 5.75. The maximum absolute atomic E-state index is 10.7. The van der Waals surface area contributed by atoms with E-state index in [1.807, 2.05) is 31.2 Å². The second-order valence-corrected chi connectivity index (χ2v) is 3.79. The lowest BCUT2D eigenvalue weighted by Gasteiger charge is -2.04. The number of aliphatic carboxylic acids is 1. The summed E-state index contributed by atoms with van der Waals surface area (Å²) < 4.78 is 5.37. The Morgan fingerprint density at radius 3 is 3.00 bits per heavy atom. The molecule has 1 saturated carbocycles. The van der Waals surface area contributed by atoms with Crippen LogP contribution in [0.15, 0.2) is 24.3 Å². The van der Waals surface area contributed by atoms with Crippen LogP contribution in [-0.4, -0.2) is 17.7 Å². The van der Waals surface area contributed by atoms with Crippen LogP contribution in [0.4, 0.5) is 0 Å². The van der Waals surface area contributed by atoms with Crippen molar-refractivity contribution in [1.29, 1.82) is 0 Å². The van der Waals surface area contributed by atoms with E-state index in [9.17, 15) is 4.79 Å². The molecule has 1 aromatic carbocycles. The van der Waals surface area contributed by atoms with Crippen molar-refractivity contribution in [1.82, 2.24) is 0 Å². The number of carbonyl (C=O) groups is 1. The van der Waals surface area contributed by atoms with E-state index in [4.69, 9.17) is 9.84 Å². The number of hydrogen-bond donors (Lipinski definition) is 1. The van der Waals surface area contributed by atoms with E-state index >= 15 is 0 Å². The van der Waals surface area contributed by atoms with Crippen molar-refractivity contribution in [2.24, 2.45) is 5.92 Å². The number of carboxylic acids is 1. The Labute approximate surface area is 88.7 Å². The molecule has 1 N–H and O–H groups in total. The summed E-state index contributed by atoms with van der Waals surface area (Å²) in [5.74, 6) is 0.123. The Morgan fingerprint density at radius 1 is 1.60 bits per heavy atom. The molecule has 0 bridgehead atoms. The van der Waals surface area contributed by atoms with Gasteiger partial charge in [0.05, 0.1) is 12.5 Å². The first-order chi connectivity index (χ1) is 7.22.